The predicted octanol–water partition coefficient (Wildman–Crippen LogP) is 5.46. The van der Waals surface area contributed by atoms with Gasteiger partial charge in [0.05, 0.1) is 0 Å². The number of benzene rings is 2. The van der Waals surface area contributed by atoms with Gasteiger partial charge in [-0.25, -0.2) is 0 Å². The third-order valence-electron chi connectivity index (χ3n) is 4.01. The van der Waals surface area contributed by atoms with Gasteiger partial charge < -0.3 is 5.32 Å². The lowest BCUT2D eigenvalue weighted by atomic mass is 10.1. The van der Waals surface area contributed by atoms with Gasteiger partial charge in [0.15, 0.2) is 10.3 Å². The Kier molecular flexibility index (Phi) is 6.94. The van der Waals surface area contributed by atoms with Crippen molar-refractivity contribution in [3.8, 4) is 0 Å². The Labute approximate surface area is 169 Å². The van der Waals surface area contributed by atoms with Gasteiger partial charge in [0.2, 0.25) is 0 Å². The van der Waals surface area contributed by atoms with Crippen LogP contribution in [0.15, 0.2) is 59.6 Å². The lowest BCUT2D eigenvalue weighted by molar-refractivity contribution is 0.636. The smallest absolute Gasteiger partial charge is 0.179 e. The lowest BCUT2D eigenvalue weighted by Crippen LogP contribution is -2.36. The number of amidine groups is 1. The molecule has 26 heavy (non-hydrogen) atoms. The standard InChI is InChI=1S/C20H22ClN3S2/c1-15-14-24(19(25)23-18-11-5-10-17(21)13-18)20(26-15)22-12-6-9-16-7-3-2-4-8-16/h2-5,7-8,10-11,13,15H,6,9,12,14H2,1H3,(H,23,25)/b22-20+. The highest BCUT2D eigenvalue weighted by Gasteiger charge is 2.28. The van der Waals surface area contributed by atoms with Gasteiger partial charge in [-0.15, -0.1) is 0 Å². The zero-order valence-electron chi connectivity index (χ0n) is 14.7. The lowest BCUT2D eigenvalue weighted by Gasteiger charge is -2.20. The molecule has 0 aromatic heterocycles. The van der Waals surface area contributed by atoms with Crippen molar-refractivity contribution in [2.75, 3.05) is 18.4 Å². The molecule has 2 aromatic carbocycles. The zero-order valence-corrected chi connectivity index (χ0v) is 17.1. The van der Waals surface area contributed by atoms with Crippen molar-refractivity contribution in [3.05, 3.63) is 65.2 Å². The first-order valence-corrected chi connectivity index (χ1v) is 10.4. The summed E-state index contributed by atoms with van der Waals surface area (Å²) < 4.78 is 0. The highest BCUT2D eigenvalue weighted by molar-refractivity contribution is 8.14. The molecule has 0 aliphatic carbocycles. The third-order valence-corrected chi connectivity index (χ3v) is 5.68. The van der Waals surface area contributed by atoms with Gasteiger partial charge in [-0.2, -0.15) is 0 Å². The topological polar surface area (TPSA) is 27.6 Å². The molecule has 1 aliphatic rings. The van der Waals surface area contributed by atoms with E-state index >= 15 is 0 Å². The second-order valence-corrected chi connectivity index (χ2v) is 8.46. The summed E-state index contributed by atoms with van der Waals surface area (Å²) in [6.45, 7) is 3.88. The van der Waals surface area contributed by atoms with Gasteiger partial charge in [0.1, 0.15) is 0 Å². The molecule has 3 nitrogen and oxygen atoms in total. The summed E-state index contributed by atoms with van der Waals surface area (Å²) in [4.78, 5) is 6.89. The fourth-order valence-electron chi connectivity index (χ4n) is 2.77. The van der Waals surface area contributed by atoms with Crippen molar-refractivity contribution < 1.29 is 0 Å². The van der Waals surface area contributed by atoms with Crippen LogP contribution in [-0.2, 0) is 6.42 Å². The summed E-state index contributed by atoms with van der Waals surface area (Å²) >= 11 is 13.4. The summed E-state index contributed by atoms with van der Waals surface area (Å²) in [7, 11) is 0. The number of aliphatic imine (C=N–C) groups is 1. The first-order chi connectivity index (χ1) is 12.6. The molecule has 6 heteroatoms. The van der Waals surface area contributed by atoms with Crippen LogP contribution < -0.4 is 5.32 Å². The number of rotatable bonds is 5. The van der Waals surface area contributed by atoms with Gasteiger partial charge in [0, 0.05) is 29.0 Å². The molecule has 0 amide bonds. The number of anilines is 1. The molecule has 0 radical (unpaired) electrons. The Balaban J connectivity index is 1.57. The second kappa shape index (κ2) is 9.40. The third kappa shape index (κ3) is 5.47. The van der Waals surface area contributed by atoms with E-state index in [1.54, 1.807) is 11.8 Å². The molecule has 1 N–H and O–H groups in total. The minimum atomic E-state index is 0.474. The van der Waals surface area contributed by atoms with Gasteiger partial charge in [-0.1, -0.05) is 66.7 Å². The molecule has 0 spiro atoms. The van der Waals surface area contributed by atoms with Gasteiger partial charge >= 0.3 is 0 Å². The molecule has 1 aliphatic heterocycles. The maximum atomic E-state index is 6.05. The number of nitrogens with zero attached hydrogens (tertiary/aromatic N) is 2. The highest BCUT2D eigenvalue weighted by atomic mass is 35.5. The van der Waals surface area contributed by atoms with Crippen molar-refractivity contribution in [2.45, 2.75) is 25.0 Å². The number of thiocarbonyl (C=S) groups is 1. The molecule has 3 rings (SSSR count). The van der Waals surface area contributed by atoms with Crippen LogP contribution in [0.5, 0.6) is 0 Å². The molecule has 1 fully saturated rings. The van der Waals surface area contributed by atoms with E-state index in [1.807, 2.05) is 30.3 Å². The Morgan fingerprint density at radius 1 is 1.27 bits per heavy atom. The van der Waals surface area contributed by atoms with Crippen LogP contribution in [0.25, 0.3) is 0 Å². The first kappa shape index (κ1) is 19.2. The summed E-state index contributed by atoms with van der Waals surface area (Å²) in [5, 5.41) is 6.11. The normalized spacial score (nSPS) is 18.3. The number of hydrogen-bond acceptors (Lipinski definition) is 3. The van der Waals surface area contributed by atoms with Crippen LogP contribution in [-0.4, -0.2) is 33.5 Å². The van der Waals surface area contributed by atoms with Gasteiger partial charge in [-0.05, 0) is 48.8 Å². The monoisotopic (exact) mass is 403 g/mol. The van der Waals surface area contributed by atoms with Crippen molar-refractivity contribution in [1.29, 1.82) is 0 Å². The van der Waals surface area contributed by atoms with E-state index in [9.17, 15) is 0 Å². The fourth-order valence-corrected chi connectivity index (χ4v) is 4.34. The molecule has 2 aromatic rings. The maximum absolute atomic E-state index is 6.05. The van der Waals surface area contributed by atoms with Crippen molar-refractivity contribution in [2.24, 2.45) is 4.99 Å². The molecule has 1 heterocycles. The van der Waals surface area contributed by atoms with Crippen LogP contribution in [0.1, 0.15) is 18.9 Å². The number of aryl methyl sites for hydroxylation is 1. The zero-order chi connectivity index (χ0) is 18.4. The van der Waals surface area contributed by atoms with E-state index in [4.69, 9.17) is 28.8 Å². The van der Waals surface area contributed by atoms with E-state index in [0.717, 1.165) is 36.8 Å². The largest absolute Gasteiger partial charge is 0.332 e. The molecule has 1 atom stereocenters. The Morgan fingerprint density at radius 2 is 2.08 bits per heavy atom. The predicted molar refractivity (Wildman–Crippen MR) is 118 cm³/mol. The van der Waals surface area contributed by atoms with E-state index in [0.29, 0.717) is 15.4 Å². The summed E-state index contributed by atoms with van der Waals surface area (Å²) in [6.07, 6.45) is 2.08. The molecule has 0 saturated carbocycles. The Morgan fingerprint density at radius 3 is 2.85 bits per heavy atom. The SMILES string of the molecule is CC1CN(C(=S)Nc2cccc(Cl)c2)/C(=N\CCCc2ccccc2)S1. The average molecular weight is 404 g/mol. The highest BCUT2D eigenvalue weighted by Crippen LogP contribution is 2.26. The summed E-state index contributed by atoms with van der Waals surface area (Å²) in [5.74, 6) is 0. The quantitative estimate of drug-likeness (QED) is 0.529. The molecule has 1 unspecified atom stereocenters. The van der Waals surface area contributed by atoms with Crippen molar-refractivity contribution in [1.82, 2.24) is 4.90 Å². The summed E-state index contributed by atoms with van der Waals surface area (Å²) in [5.41, 5.74) is 2.26. The van der Waals surface area contributed by atoms with Gasteiger partial charge in [0.25, 0.3) is 0 Å². The second-order valence-electron chi connectivity index (χ2n) is 6.23. The maximum Gasteiger partial charge on any atom is 0.179 e. The van der Waals surface area contributed by atoms with Crippen molar-refractivity contribution >= 4 is 51.5 Å². The minimum absolute atomic E-state index is 0.474. The summed E-state index contributed by atoms with van der Waals surface area (Å²) in [6, 6.07) is 18.1. The van der Waals surface area contributed by atoms with Crippen LogP contribution >= 0.6 is 35.6 Å². The van der Waals surface area contributed by atoms with Crippen LogP contribution in [0, 0.1) is 0 Å². The number of halogens is 1. The van der Waals surface area contributed by atoms with E-state index in [2.05, 4.69) is 41.4 Å². The fraction of sp³-hybridized carbons (Fsp3) is 0.300. The number of nitrogens with one attached hydrogen (secondary N) is 1. The molecule has 136 valence electrons. The number of thioether (sulfide) groups is 1. The number of hydrogen-bond donors (Lipinski definition) is 1. The van der Waals surface area contributed by atoms with Crippen LogP contribution in [0.4, 0.5) is 5.69 Å². The first-order valence-electron chi connectivity index (χ1n) is 8.71. The molecule has 1 saturated heterocycles. The molecule has 0 bridgehead atoms. The minimum Gasteiger partial charge on any atom is -0.332 e. The van der Waals surface area contributed by atoms with E-state index in [-0.39, 0.29) is 0 Å². The van der Waals surface area contributed by atoms with Crippen molar-refractivity contribution in [3.63, 3.8) is 0 Å². The molecular weight excluding hydrogens is 382 g/mol. The van der Waals surface area contributed by atoms with Crippen LogP contribution in [0.2, 0.25) is 5.02 Å². The molecular formula is C20H22ClN3S2. The Hall–Kier alpha value is -1.56. The van der Waals surface area contributed by atoms with Gasteiger partial charge in [-0.3, -0.25) is 9.89 Å². The van der Waals surface area contributed by atoms with E-state index < -0.39 is 0 Å². The Bertz CT molecular complexity index is 780. The van der Waals surface area contributed by atoms with Crippen LogP contribution in [0.3, 0.4) is 0 Å². The average Bonchev–Trinajstić information content (AvgIpc) is 3.00. The van der Waals surface area contributed by atoms with E-state index in [1.165, 1.54) is 5.56 Å².